The highest BCUT2D eigenvalue weighted by atomic mass is 32.2. The highest BCUT2D eigenvalue weighted by Gasteiger charge is 2.03. The van der Waals surface area contributed by atoms with E-state index in [2.05, 4.69) is 0 Å². The minimum atomic E-state index is -0.0108. The number of aldehydes is 1. The zero-order valence-electron chi connectivity index (χ0n) is 5.24. The molecule has 0 aromatic heterocycles. The van der Waals surface area contributed by atoms with Crippen LogP contribution in [-0.4, -0.2) is 12.1 Å². The van der Waals surface area contributed by atoms with Crippen LogP contribution in [0.5, 0.6) is 0 Å². The van der Waals surface area contributed by atoms with E-state index in [1.54, 1.807) is 10.8 Å². The molecule has 1 aliphatic rings. The summed E-state index contributed by atoms with van der Waals surface area (Å²) in [5, 5.41) is 3.37. The van der Waals surface area contributed by atoms with Gasteiger partial charge in [0.25, 0.3) is 0 Å². The van der Waals surface area contributed by atoms with E-state index >= 15 is 0 Å². The maximum Gasteiger partial charge on any atom is 0.160 e. The van der Waals surface area contributed by atoms with Crippen molar-refractivity contribution in [1.82, 2.24) is 0 Å². The lowest BCUT2D eigenvalue weighted by Gasteiger charge is -1.88. The Morgan fingerprint density at radius 3 is 3.10 bits per heavy atom. The van der Waals surface area contributed by atoms with Crippen molar-refractivity contribution < 1.29 is 9.59 Å². The first-order valence-corrected chi connectivity index (χ1v) is 3.76. The van der Waals surface area contributed by atoms with Gasteiger partial charge >= 0.3 is 0 Å². The van der Waals surface area contributed by atoms with Gasteiger partial charge in [-0.3, -0.25) is 9.59 Å². The number of ketones is 1. The van der Waals surface area contributed by atoms with Crippen LogP contribution in [0.25, 0.3) is 0 Å². The average molecular weight is 154 g/mol. The standard InChI is InChI=1S/C7H6O2S/c8-4-6-3-7(9)1-2-10-5-6/h1-2,4-5H,3H2. The monoisotopic (exact) mass is 154 g/mol. The molecule has 2 nitrogen and oxygen atoms in total. The zero-order valence-corrected chi connectivity index (χ0v) is 6.06. The predicted molar refractivity (Wildman–Crippen MR) is 40.5 cm³/mol. The fourth-order valence-corrected chi connectivity index (χ4v) is 1.24. The van der Waals surface area contributed by atoms with Gasteiger partial charge in [0.2, 0.25) is 0 Å². The second kappa shape index (κ2) is 3.37. The predicted octanol–water partition coefficient (Wildman–Crippen LogP) is 1.29. The van der Waals surface area contributed by atoms with Crippen LogP contribution >= 0.6 is 11.8 Å². The summed E-state index contributed by atoms with van der Waals surface area (Å²) in [6.45, 7) is 0. The molecular weight excluding hydrogens is 148 g/mol. The van der Waals surface area contributed by atoms with E-state index in [-0.39, 0.29) is 12.2 Å². The smallest absolute Gasteiger partial charge is 0.160 e. The molecule has 0 atom stereocenters. The summed E-state index contributed by atoms with van der Waals surface area (Å²) in [6.07, 6.45) is 2.45. The van der Waals surface area contributed by atoms with E-state index in [4.69, 9.17) is 0 Å². The summed E-state index contributed by atoms with van der Waals surface area (Å²) in [6, 6.07) is 0. The van der Waals surface area contributed by atoms with Crippen LogP contribution in [0, 0.1) is 0 Å². The maximum atomic E-state index is 10.8. The van der Waals surface area contributed by atoms with Gasteiger partial charge in [-0.2, -0.15) is 0 Å². The molecule has 52 valence electrons. The molecular formula is C7H6O2S. The van der Waals surface area contributed by atoms with E-state index in [0.29, 0.717) is 5.57 Å². The van der Waals surface area contributed by atoms with Gasteiger partial charge in [-0.25, -0.2) is 0 Å². The van der Waals surface area contributed by atoms with Crippen LogP contribution in [0.3, 0.4) is 0 Å². The van der Waals surface area contributed by atoms with Crippen molar-refractivity contribution in [2.24, 2.45) is 0 Å². The fraction of sp³-hybridized carbons (Fsp3) is 0.143. The van der Waals surface area contributed by atoms with E-state index in [9.17, 15) is 9.59 Å². The molecule has 10 heavy (non-hydrogen) atoms. The summed E-state index contributed by atoms with van der Waals surface area (Å²) >= 11 is 1.36. The Morgan fingerprint density at radius 2 is 2.40 bits per heavy atom. The Morgan fingerprint density at radius 1 is 1.60 bits per heavy atom. The third-order valence-electron chi connectivity index (χ3n) is 1.08. The van der Waals surface area contributed by atoms with Crippen LogP contribution in [-0.2, 0) is 9.59 Å². The van der Waals surface area contributed by atoms with Gasteiger partial charge in [0.1, 0.15) is 6.29 Å². The maximum absolute atomic E-state index is 10.8. The Balaban J connectivity index is 2.73. The molecule has 0 saturated heterocycles. The third kappa shape index (κ3) is 1.84. The molecule has 1 rings (SSSR count). The van der Waals surface area contributed by atoms with Crippen LogP contribution in [0.2, 0.25) is 0 Å². The molecule has 0 saturated carbocycles. The van der Waals surface area contributed by atoms with E-state index in [1.807, 2.05) is 0 Å². The summed E-state index contributed by atoms with van der Waals surface area (Å²) in [4.78, 5) is 20.9. The number of rotatable bonds is 1. The molecule has 1 aliphatic heterocycles. The van der Waals surface area contributed by atoms with Crippen molar-refractivity contribution in [2.45, 2.75) is 6.42 Å². The molecule has 0 aromatic rings. The number of hydrogen-bond acceptors (Lipinski definition) is 3. The molecule has 0 radical (unpaired) electrons. The summed E-state index contributed by atoms with van der Waals surface area (Å²) < 4.78 is 0. The Kier molecular flexibility index (Phi) is 2.45. The summed E-state index contributed by atoms with van der Waals surface area (Å²) in [5.41, 5.74) is 0.556. The topological polar surface area (TPSA) is 34.1 Å². The number of carbonyl (C=O) groups is 2. The number of allylic oxidation sites excluding steroid dienone is 2. The molecule has 0 spiro atoms. The Bertz CT molecular complexity index is 216. The Hall–Kier alpha value is -0.830. The third-order valence-corrected chi connectivity index (χ3v) is 1.81. The lowest BCUT2D eigenvalue weighted by atomic mass is 10.2. The first kappa shape index (κ1) is 7.28. The molecule has 1 heterocycles. The quantitative estimate of drug-likeness (QED) is 0.534. The van der Waals surface area contributed by atoms with Crippen molar-refractivity contribution in [3.63, 3.8) is 0 Å². The van der Waals surface area contributed by atoms with Gasteiger partial charge < -0.3 is 0 Å². The molecule has 0 N–H and O–H groups in total. The highest BCUT2D eigenvalue weighted by Crippen LogP contribution is 2.14. The van der Waals surface area contributed by atoms with E-state index < -0.39 is 0 Å². The largest absolute Gasteiger partial charge is 0.298 e. The summed E-state index contributed by atoms with van der Waals surface area (Å²) in [7, 11) is 0. The number of hydrogen-bond donors (Lipinski definition) is 0. The van der Waals surface area contributed by atoms with E-state index in [0.717, 1.165) is 6.29 Å². The van der Waals surface area contributed by atoms with Crippen LogP contribution < -0.4 is 0 Å². The lowest BCUT2D eigenvalue weighted by molar-refractivity contribution is -0.115. The van der Waals surface area contributed by atoms with Crippen molar-refractivity contribution in [3.05, 3.63) is 22.5 Å². The molecule has 0 unspecified atom stereocenters. The second-order valence-corrected chi connectivity index (χ2v) is 2.67. The molecule has 0 aromatic carbocycles. The Labute approximate surface area is 63.0 Å². The minimum absolute atomic E-state index is 0.0108. The van der Waals surface area contributed by atoms with Gasteiger partial charge in [-0.05, 0) is 16.9 Å². The molecule has 0 aliphatic carbocycles. The fourth-order valence-electron chi connectivity index (χ4n) is 0.613. The zero-order chi connectivity index (χ0) is 7.40. The average Bonchev–Trinajstić information content (AvgIpc) is 2.13. The molecule has 0 bridgehead atoms. The first-order valence-electron chi connectivity index (χ1n) is 2.82. The minimum Gasteiger partial charge on any atom is -0.298 e. The molecule has 0 fully saturated rings. The van der Waals surface area contributed by atoms with Crippen LogP contribution in [0.1, 0.15) is 6.42 Å². The number of thioether (sulfide) groups is 1. The van der Waals surface area contributed by atoms with Crippen molar-refractivity contribution in [3.8, 4) is 0 Å². The van der Waals surface area contributed by atoms with Crippen LogP contribution in [0.4, 0.5) is 0 Å². The van der Waals surface area contributed by atoms with Gasteiger partial charge in [0.15, 0.2) is 5.78 Å². The summed E-state index contributed by atoms with van der Waals surface area (Å²) in [5.74, 6) is -0.0108. The number of carbonyl (C=O) groups excluding carboxylic acids is 2. The van der Waals surface area contributed by atoms with Crippen molar-refractivity contribution in [1.29, 1.82) is 0 Å². The van der Waals surface area contributed by atoms with E-state index in [1.165, 1.54) is 17.8 Å². The molecule has 3 heteroatoms. The van der Waals surface area contributed by atoms with Gasteiger partial charge in [-0.15, -0.1) is 11.8 Å². The SMILES string of the molecule is O=CC1=CSC=CC(=O)C1. The molecule has 0 amide bonds. The first-order chi connectivity index (χ1) is 4.83. The van der Waals surface area contributed by atoms with Crippen molar-refractivity contribution in [2.75, 3.05) is 0 Å². The van der Waals surface area contributed by atoms with Gasteiger partial charge in [0, 0.05) is 12.0 Å². The lowest BCUT2D eigenvalue weighted by Crippen LogP contribution is -1.94. The second-order valence-electron chi connectivity index (χ2n) is 1.89. The van der Waals surface area contributed by atoms with Gasteiger partial charge in [-0.1, -0.05) is 0 Å². The van der Waals surface area contributed by atoms with Crippen LogP contribution in [0.15, 0.2) is 22.5 Å². The van der Waals surface area contributed by atoms with Gasteiger partial charge in [0.05, 0.1) is 0 Å². The normalized spacial score (nSPS) is 18.0. The van der Waals surface area contributed by atoms with Crippen molar-refractivity contribution >= 4 is 23.8 Å². The highest BCUT2D eigenvalue weighted by molar-refractivity contribution is 8.05.